The van der Waals surface area contributed by atoms with Gasteiger partial charge in [0.05, 0.1) is 0 Å². The van der Waals surface area contributed by atoms with Crippen molar-refractivity contribution in [2.75, 3.05) is 34.5 Å². The Morgan fingerprint density at radius 3 is 1.30 bits per heavy atom. The summed E-state index contributed by atoms with van der Waals surface area (Å²) in [6.45, 7) is 10.7. The normalized spacial score (nSPS) is 10.3. The number of rotatable bonds is 11. The molecular formula is C14H22O2S4. The summed E-state index contributed by atoms with van der Waals surface area (Å²) in [5.41, 5.74) is 1.25. The first-order valence-corrected chi connectivity index (χ1v) is 10.5. The van der Waals surface area contributed by atoms with Crippen molar-refractivity contribution in [3.63, 3.8) is 0 Å². The van der Waals surface area contributed by atoms with Gasteiger partial charge in [-0.25, -0.2) is 0 Å². The zero-order valence-electron chi connectivity index (χ0n) is 12.1. The topological polar surface area (TPSA) is 34.1 Å². The Hall–Kier alpha value is 0.220. The van der Waals surface area contributed by atoms with E-state index in [1.54, 1.807) is 13.8 Å². The molecule has 0 aromatic heterocycles. The Bertz CT molecular complexity index is 319. The zero-order chi connectivity index (χ0) is 15.4. The van der Waals surface area contributed by atoms with Crippen LogP contribution in [0.4, 0.5) is 0 Å². The largest absolute Gasteiger partial charge is 0.282 e. The second-order valence-corrected chi connectivity index (χ2v) is 8.64. The van der Waals surface area contributed by atoms with Crippen LogP contribution in [-0.2, 0) is 9.59 Å². The van der Waals surface area contributed by atoms with Gasteiger partial charge < -0.3 is 0 Å². The second-order valence-electron chi connectivity index (χ2n) is 4.06. The van der Waals surface area contributed by atoms with Crippen LogP contribution in [0.3, 0.4) is 0 Å². The van der Waals surface area contributed by atoms with E-state index in [0.717, 1.165) is 34.5 Å². The lowest BCUT2D eigenvalue weighted by molar-refractivity contribution is -0.108. The molecule has 0 spiro atoms. The van der Waals surface area contributed by atoms with Gasteiger partial charge in [-0.05, 0) is 25.0 Å². The van der Waals surface area contributed by atoms with Crippen LogP contribution in [0.2, 0.25) is 0 Å². The van der Waals surface area contributed by atoms with E-state index in [-0.39, 0.29) is 10.2 Å². The van der Waals surface area contributed by atoms with Crippen LogP contribution in [-0.4, -0.2) is 44.7 Å². The summed E-state index contributed by atoms with van der Waals surface area (Å²) in [5, 5.41) is 0.193. The van der Waals surface area contributed by atoms with Crippen molar-refractivity contribution in [2.24, 2.45) is 0 Å². The molecule has 0 amide bonds. The molecular weight excluding hydrogens is 328 g/mol. The standard InChI is InChI=1S/C14H22O2S4/c1-11(2)13(15)19-9-7-17-5-6-18-8-10-20-14(16)12(3)4/h1,3,5-10H2,2,4H3. The first-order valence-electron chi connectivity index (χ1n) is 6.26. The fraction of sp³-hybridized carbons (Fsp3) is 0.571. The Morgan fingerprint density at radius 2 is 1.00 bits per heavy atom. The molecule has 114 valence electrons. The maximum atomic E-state index is 11.3. The van der Waals surface area contributed by atoms with Gasteiger partial charge in [0, 0.05) is 34.5 Å². The first-order chi connectivity index (χ1) is 9.45. The molecule has 0 saturated heterocycles. The van der Waals surface area contributed by atoms with Crippen molar-refractivity contribution in [3.8, 4) is 0 Å². The van der Waals surface area contributed by atoms with Crippen molar-refractivity contribution in [1.82, 2.24) is 0 Å². The average Bonchev–Trinajstić information content (AvgIpc) is 2.39. The predicted octanol–water partition coefficient (Wildman–Crippen LogP) is 4.12. The van der Waals surface area contributed by atoms with Gasteiger partial charge in [0.15, 0.2) is 0 Å². The van der Waals surface area contributed by atoms with Crippen LogP contribution in [0.25, 0.3) is 0 Å². The predicted molar refractivity (Wildman–Crippen MR) is 99.2 cm³/mol. The van der Waals surface area contributed by atoms with Crippen LogP contribution >= 0.6 is 47.0 Å². The first kappa shape index (κ1) is 20.2. The Balaban J connectivity index is 3.25. The molecule has 0 aromatic carbocycles. The highest BCUT2D eigenvalue weighted by Gasteiger charge is 2.03. The number of carbonyl (C=O) groups is 2. The molecule has 6 heteroatoms. The maximum Gasteiger partial charge on any atom is 0.214 e. The third-order valence-electron chi connectivity index (χ3n) is 1.99. The van der Waals surface area contributed by atoms with E-state index >= 15 is 0 Å². The molecule has 0 heterocycles. The highest BCUT2D eigenvalue weighted by molar-refractivity contribution is 8.15. The molecule has 0 atom stereocenters. The average molecular weight is 351 g/mol. The fourth-order valence-corrected chi connectivity index (χ4v) is 4.78. The molecule has 0 radical (unpaired) electrons. The molecule has 0 aliphatic heterocycles. The van der Waals surface area contributed by atoms with E-state index in [1.807, 2.05) is 23.5 Å². The number of hydrogen-bond donors (Lipinski definition) is 0. The highest BCUT2D eigenvalue weighted by atomic mass is 32.2. The third kappa shape index (κ3) is 12.0. The van der Waals surface area contributed by atoms with Crippen LogP contribution in [0.15, 0.2) is 24.3 Å². The minimum absolute atomic E-state index is 0.0965. The summed E-state index contributed by atoms with van der Waals surface area (Å²) in [6.07, 6.45) is 0. The van der Waals surface area contributed by atoms with Crippen molar-refractivity contribution < 1.29 is 9.59 Å². The number of hydrogen-bond acceptors (Lipinski definition) is 6. The minimum atomic E-state index is 0.0965. The summed E-state index contributed by atoms with van der Waals surface area (Å²) in [5.74, 6) is 5.87. The smallest absolute Gasteiger partial charge is 0.214 e. The van der Waals surface area contributed by atoms with Crippen molar-refractivity contribution in [2.45, 2.75) is 13.8 Å². The van der Waals surface area contributed by atoms with Crippen LogP contribution in [0.1, 0.15) is 13.8 Å². The van der Waals surface area contributed by atoms with Gasteiger partial charge in [0.25, 0.3) is 0 Å². The summed E-state index contributed by atoms with van der Waals surface area (Å²) in [7, 11) is 0. The summed E-state index contributed by atoms with van der Waals surface area (Å²) >= 11 is 6.42. The summed E-state index contributed by atoms with van der Waals surface area (Å²) < 4.78 is 0. The molecule has 0 bridgehead atoms. The lowest BCUT2D eigenvalue weighted by Crippen LogP contribution is -1.98. The molecule has 0 fully saturated rings. The molecule has 0 rings (SSSR count). The molecule has 20 heavy (non-hydrogen) atoms. The highest BCUT2D eigenvalue weighted by Crippen LogP contribution is 2.15. The van der Waals surface area contributed by atoms with Crippen LogP contribution < -0.4 is 0 Å². The molecule has 0 N–H and O–H groups in total. The van der Waals surface area contributed by atoms with E-state index in [0.29, 0.717) is 11.1 Å². The van der Waals surface area contributed by atoms with Crippen LogP contribution in [0, 0.1) is 0 Å². The fourth-order valence-electron chi connectivity index (χ4n) is 0.955. The van der Waals surface area contributed by atoms with Gasteiger partial charge in [-0.1, -0.05) is 36.7 Å². The summed E-state index contributed by atoms with van der Waals surface area (Å²) in [6, 6.07) is 0. The van der Waals surface area contributed by atoms with Gasteiger partial charge in [0.1, 0.15) is 0 Å². The lowest BCUT2D eigenvalue weighted by atomic mass is 10.4. The Labute approximate surface area is 139 Å². The third-order valence-corrected chi connectivity index (χ3v) is 6.77. The van der Waals surface area contributed by atoms with Crippen molar-refractivity contribution in [1.29, 1.82) is 0 Å². The van der Waals surface area contributed by atoms with E-state index in [1.165, 1.54) is 23.5 Å². The Morgan fingerprint density at radius 1 is 0.700 bits per heavy atom. The second kappa shape index (κ2) is 12.9. The molecule has 0 aromatic rings. The van der Waals surface area contributed by atoms with E-state index < -0.39 is 0 Å². The van der Waals surface area contributed by atoms with Gasteiger partial charge >= 0.3 is 0 Å². The van der Waals surface area contributed by atoms with Gasteiger partial charge in [-0.15, -0.1) is 0 Å². The molecule has 2 nitrogen and oxygen atoms in total. The summed E-state index contributed by atoms with van der Waals surface area (Å²) in [4.78, 5) is 22.5. The Kier molecular flexibility index (Phi) is 13.1. The number of thioether (sulfide) groups is 4. The minimum Gasteiger partial charge on any atom is -0.282 e. The van der Waals surface area contributed by atoms with Gasteiger partial charge in [0.2, 0.25) is 10.2 Å². The van der Waals surface area contributed by atoms with Gasteiger partial charge in [-0.3, -0.25) is 9.59 Å². The van der Waals surface area contributed by atoms with Gasteiger partial charge in [-0.2, -0.15) is 23.5 Å². The molecule has 0 saturated carbocycles. The lowest BCUT2D eigenvalue weighted by Gasteiger charge is -2.02. The molecule has 0 aliphatic rings. The van der Waals surface area contributed by atoms with Crippen molar-refractivity contribution >= 4 is 57.3 Å². The SMILES string of the molecule is C=C(C)C(=O)SCCSCCSCCSC(=O)C(=C)C. The van der Waals surface area contributed by atoms with Crippen molar-refractivity contribution in [3.05, 3.63) is 24.3 Å². The van der Waals surface area contributed by atoms with E-state index in [4.69, 9.17) is 0 Å². The quantitative estimate of drug-likeness (QED) is 0.412. The molecule has 0 unspecified atom stereocenters. The zero-order valence-corrected chi connectivity index (χ0v) is 15.4. The number of carbonyl (C=O) groups excluding carboxylic acids is 2. The van der Waals surface area contributed by atoms with Crippen LogP contribution in [0.5, 0.6) is 0 Å². The van der Waals surface area contributed by atoms with E-state index in [2.05, 4.69) is 13.2 Å². The maximum absolute atomic E-state index is 11.3. The van der Waals surface area contributed by atoms with E-state index in [9.17, 15) is 9.59 Å². The molecule has 0 aliphatic carbocycles. The monoisotopic (exact) mass is 350 g/mol.